The number of aliphatic hydroxyl groups excluding tert-OH is 1. The van der Waals surface area contributed by atoms with E-state index in [4.69, 9.17) is 15.3 Å². The zero-order valence-corrected chi connectivity index (χ0v) is 19.4. The Labute approximate surface area is 198 Å². The van der Waals surface area contributed by atoms with E-state index in [0.29, 0.717) is 47.3 Å². The molecule has 0 radical (unpaired) electrons. The lowest BCUT2D eigenvalue weighted by Crippen LogP contribution is -2.18. The lowest BCUT2D eigenvalue weighted by molar-refractivity contribution is 0.0962. The summed E-state index contributed by atoms with van der Waals surface area (Å²) in [5.41, 5.74) is 3.53. The van der Waals surface area contributed by atoms with Crippen LogP contribution in [0.15, 0.2) is 42.9 Å². The van der Waals surface area contributed by atoms with Gasteiger partial charge in [0, 0.05) is 61.2 Å². The van der Waals surface area contributed by atoms with E-state index in [0.717, 1.165) is 11.1 Å². The molecule has 5 N–H and O–H groups in total. The highest BCUT2D eigenvalue weighted by Crippen LogP contribution is 2.28. The summed E-state index contributed by atoms with van der Waals surface area (Å²) in [7, 11) is 3.18. The van der Waals surface area contributed by atoms with Gasteiger partial charge in [-0.1, -0.05) is 13.0 Å². The van der Waals surface area contributed by atoms with Crippen LogP contribution in [-0.2, 0) is 0 Å². The van der Waals surface area contributed by atoms with Crippen molar-refractivity contribution >= 4 is 23.8 Å². The molecule has 0 aliphatic rings. The van der Waals surface area contributed by atoms with Crippen molar-refractivity contribution in [2.75, 3.05) is 44.5 Å². The zero-order chi connectivity index (χ0) is 24.5. The minimum Gasteiger partial charge on any atom is -0.496 e. The second-order valence-electron chi connectivity index (χ2n) is 7.56. The molecule has 178 valence electrons. The first-order valence-corrected chi connectivity index (χ1v) is 10.8. The largest absolute Gasteiger partial charge is 0.496 e. The Hall–Kier alpha value is -4.05. The van der Waals surface area contributed by atoms with Gasteiger partial charge in [-0.3, -0.25) is 4.79 Å². The van der Waals surface area contributed by atoms with Gasteiger partial charge in [0.2, 0.25) is 0 Å². The molecule has 2 heterocycles. The molecule has 34 heavy (non-hydrogen) atoms. The topological polar surface area (TPSA) is 145 Å². The van der Waals surface area contributed by atoms with Gasteiger partial charge < -0.3 is 31.2 Å². The molecular formula is C24H29N7O3. The number of carbonyl (C=O) groups is 1. The molecular weight excluding hydrogens is 434 g/mol. The normalized spacial score (nSPS) is 11.4. The molecule has 1 aromatic carbocycles. The van der Waals surface area contributed by atoms with Crippen molar-refractivity contribution in [3.05, 3.63) is 59.5 Å². The number of nitrogens with zero attached hydrogens (tertiary/aromatic N) is 3. The Balaban J connectivity index is 1.74. The standard InChI is InChI=1S/C24H29N7O3/c1-15(19-5-4-16(24(33)26-2)9-21(19)34-3)12-28-22-10-20(30-14-31-22)18-8-17(11-25)23(29-13-18)27-6-7-32/h4-5,8-11,13-15,25,32H,6-7,12H2,1-3H3,(H,26,33)(H,27,29)(H,28,30,31). The van der Waals surface area contributed by atoms with Crippen molar-refractivity contribution in [1.82, 2.24) is 20.3 Å². The highest BCUT2D eigenvalue weighted by molar-refractivity contribution is 5.94. The van der Waals surface area contributed by atoms with Crippen molar-refractivity contribution in [1.29, 1.82) is 5.41 Å². The van der Waals surface area contributed by atoms with Crippen LogP contribution in [0.4, 0.5) is 11.6 Å². The van der Waals surface area contributed by atoms with Crippen LogP contribution in [0.3, 0.4) is 0 Å². The number of ether oxygens (including phenoxy) is 1. The number of hydrogen-bond donors (Lipinski definition) is 5. The summed E-state index contributed by atoms with van der Waals surface area (Å²) in [6.07, 6.45) is 4.35. The van der Waals surface area contributed by atoms with Gasteiger partial charge in [0.1, 0.15) is 23.7 Å². The van der Waals surface area contributed by atoms with E-state index >= 15 is 0 Å². The number of benzene rings is 1. The minimum absolute atomic E-state index is 0.0235. The summed E-state index contributed by atoms with van der Waals surface area (Å²) in [6.45, 7) is 2.97. The highest BCUT2D eigenvalue weighted by atomic mass is 16.5. The molecule has 10 nitrogen and oxygen atoms in total. The number of nitrogens with one attached hydrogen (secondary N) is 4. The van der Waals surface area contributed by atoms with Crippen LogP contribution in [-0.4, -0.2) is 66.0 Å². The summed E-state index contributed by atoms with van der Waals surface area (Å²) < 4.78 is 5.51. The molecule has 0 fully saturated rings. The Morgan fingerprint density at radius 2 is 2.03 bits per heavy atom. The van der Waals surface area contributed by atoms with Crippen molar-refractivity contribution < 1.29 is 14.6 Å². The van der Waals surface area contributed by atoms with Crippen LogP contribution in [0, 0.1) is 5.41 Å². The molecule has 10 heteroatoms. The fourth-order valence-electron chi connectivity index (χ4n) is 3.44. The SMILES string of the molecule is CNC(=O)c1ccc(C(C)CNc2cc(-c3cnc(NCCO)c(C=N)c3)ncn2)c(OC)c1. The number of rotatable bonds is 11. The van der Waals surface area contributed by atoms with Crippen LogP contribution in [0.2, 0.25) is 0 Å². The minimum atomic E-state index is -0.165. The van der Waals surface area contributed by atoms with Crippen molar-refractivity contribution in [2.24, 2.45) is 0 Å². The van der Waals surface area contributed by atoms with Crippen LogP contribution in [0.1, 0.15) is 34.3 Å². The molecule has 0 saturated heterocycles. The van der Waals surface area contributed by atoms with Gasteiger partial charge in [0.15, 0.2) is 0 Å². The number of aliphatic hydroxyl groups is 1. The molecule has 0 aliphatic heterocycles. The summed E-state index contributed by atoms with van der Waals surface area (Å²) >= 11 is 0. The molecule has 0 aliphatic carbocycles. The van der Waals surface area contributed by atoms with Gasteiger partial charge >= 0.3 is 0 Å². The van der Waals surface area contributed by atoms with Gasteiger partial charge in [-0.2, -0.15) is 0 Å². The van der Waals surface area contributed by atoms with E-state index in [9.17, 15) is 4.79 Å². The lowest BCUT2D eigenvalue weighted by atomic mass is 9.98. The van der Waals surface area contributed by atoms with Crippen molar-refractivity contribution in [3.63, 3.8) is 0 Å². The Morgan fingerprint density at radius 1 is 1.21 bits per heavy atom. The highest BCUT2D eigenvalue weighted by Gasteiger charge is 2.15. The number of pyridine rings is 1. The van der Waals surface area contributed by atoms with Crippen LogP contribution >= 0.6 is 0 Å². The van der Waals surface area contributed by atoms with E-state index in [2.05, 4.69) is 37.8 Å². The third-order valence-corrected chi connectivity index (χ3v) is 5.28. The van der Waals surface area contributed by atoms with Crippen LogP contribution in [0.5, 0.6) is 5.75 Å². The molecule has 0 bridgehead atoms. The number of aromatic nitrogens is 3. The molecule has 2 aromatic heterocycles. The number of anilines is 2. The van der Waals surface area contributed by atoms with Crippen LogP contribution < -0.4 is 20.7 Å². The molecule has 1 amide bonds. The van der Waals surface area contributed by atoms with E-state index in [-0.39, 0.29) is 18.4 Å². The van der Waals surface area contributed by atoms with Crippen LogP contribution in [0.25, 0.3) is 11.3 Å². The number of hydrogen-bond acceptors (Lipinski definition) is 9. The Kier molecular flexibility index (Phi) is 8.47. The second-order valence-corrected chi connectivity index (χ2v) is 7.56. The summed E-state index contributed by atoms with van der Waals surface area (Å²) in [4.78, 5) is 24.9. The quantitative estimate of drug-likeness (QED) is 0.273. The first kappa shape index (κ1) is 24.6. The van der Waals surface area contributed by atoms with E-state index in [1.54, 1.807) is 32.5 Å². The summed E-state index contributed by atoms with van der Waals surface area (Å²) in [6, 6.07) is 9.05. The monoisotopic (exact) mass is 463 g/mol. The fraction of sp³-hybridized carbons (Fsp3) is 0.292. The maximum Gasteiger partial charge on any atom is 0.251 e. The number of methoxy groups -OCH3 is 1. The number of carbonyl (C=O) groups excluding carboxylic acids is 1. The van der Waals surface area contributed by atoms with Crippen molar-refractivity contribution in [2.45, 2.75) is 12.8 Å². The predicted octanol–water partition coefficient (Wildman–Crippen LogP) is 2.52. The Morgan fingerprint density at radius 3 is 2.74 bits per heavy atom. The van der Waals surface area contributed by atoms with E-state index in [1.165, 1.54) is 12.5 Å². The lowest BCUT2D eigenvalue weighted by Gasteiger charge is -2.18. The average Bonchev–Trinajstić information content (AvgIpc) is 2.89. The molecule has 3 aromatic rings. The van der Waals surface area contributed by atoms with Gasteiger partial charge in [0.05, 0.1) is 19.4 Å². The molecule has 1 unspecified atom stereocenters. The van der Waals surface area contributed by atoms with E-state index in [1.807, 2.05) is 18.2 Å². The molecule has 0 spiro atoms. The van der Waals surface area contributed by atoms with Gasteiger partial charge in [-0.25, -0.2) is 15.0 Å². The van der Waals surface area contributed by atoms with Gasteiger partial charge in [-0.05, 0) is 23.8 Å². The molecule has 3 rings (SSSR count). The first-order valence-electron chi connectivity index (χ1n) is 10.8. The molecule has 1 atom stereocenters. The smallest absolute Gasteiger partial charge is 0.251 e. The van der Waals surface area contributed by atoms with Gasteiger partial charge in [-0.15, -0.1) is 0 Å². The van der Waals surface area contributed by atoms with Crippen molar-refractivity contribution in [3.8, 4) is 17.0 Å². The number of amides is 1. The predicted molar refractivity (Wildman–Crippen MR) is 132 cm³/mol. The Bertz CT molecular complexity index is 1150. The average molecular weight is 464 g/mol. The fourth-order valence-corrected chi connectivity index (χ4v) is 3.44. The third kappa shape index (κ3) is 5.84. The first-order chi connectivity index (χ1) is 16.5. The summed E-state index contributed by atoms with van der Waals surface area (Å²) in [5.74, 6) is 1.75. The summed E-state index contributed by atoms with van der Waals surface area (Å²) in [5, 5.41) is 25.6. The van der Waals surface area contributed by atoms with E-state index < -0.39 is 0 Å². The maximum absolute atomic E-state index is 11.9. The third-order valence-electron chi connectivity index (χ3n) is 5.28. The second kappa shape index (κ2) is 11.7. The maximum atomic E-state index is 11.9. The zero-order valence-electron chi connectivity index (χ0n) is 19.4. The van der Waals surface area contributed by atoms with Gasteiger partial charge in [0.25, 0.3) is 5.91 Å². The molecule has 0 saturated carbocycles.